The van der Waals surface area contributed by atoms with Crippen molar-refractivity contribution in [1.82, 2.24) is 10.6 Å². The Kier molecular flexibility index (Phi) is 9.89. The Balaban J connectivity index is 0.00000312. The van der Waals surface area contributed by atoms with Gasteiger partial charge in [-0.25, -0.2) is 0 Å². The van der Waals surface area contributed by atoms with E-state index < -0.39 is 0 Å². The fourth-order valence-corrected chi connectivity index (χ4v) is 3.35. The maximum absolute atomic E-state index is 5.43. The molecule has 0 radical (unpaired) electrons. The molecule has 1 heterocycles. The zero-order valence-electron chi connectivity index (χ0n) is 15.3. The van der Waals surface area contributed by atoms with Crippen molar-refractivity contribution >= 4 is 41.3 Å². The van der Waals surface area contributed by atoms with Crippen molar-refractivity contribution in [3.63, 3.8) is 0 Å². The Morgan fingerprint density at radius 2 is 2.08 bits per heavy atom. The van der Waals surface area contributed by atoms with Crippen LogP contribution in [0.15, 0.2) is 40.7 Å². The Morgan fingerprint density at radius 3 is 2.72 bits per heavy atom. The number of halogens is 1. The minimum atomic E-state index is 0. The van der Waals surface area contributed by atoms with Crippen LogP contribution >= 0.6 is 35.3 Å². The van der Waals surface area contributed by atoms with Gasteiger partial charge in [-0.3, -0.25) is 4.99 Å². The van der Waals surface area contributed by atoms with Gasteiger partial charge >= 0.3 is 0 Å². The number of hydrogen-bond acceptors (Lipinski definition) is 3. The van der Waals surface area contributed by atoms with Crippen LogP contribution in [0, 0.1) is 6.92 Å². The van der Waals surface area contributed by atoms with Gasteiger partial charge in [0.05, 0.1) is 7.11 Å². The fourth-order valence-electron chi connectivity index (χ4n) is 2.56. The molecular weight excluding hydrogens is 445 g/mol. The van der Waals surface area contributed by atoms with E-state index >= 15 is 0 Å². The van der Waals surface area contributed by atoms with E-state index in [2.05, 4.69) is 59.1 Å². The molecule has 138 valence electrons. The fraction of sp³-hybridized carbons (Fsp3) is 0.421. The zero-order valence-corrected chi connectivity index (χ0v) is 18.5. The van der Waals surface area contributed by atoms with Gasteiger partial charge in [-0.05, 0) is 36.4 Å². The first-order valence-electron chi connectivity index (χ1n) is 8.25. The maximum Gasteiger partial charge on any atom is 0.191 e. The molecule has 0 saturated carbocycles. The Bertz CT molecular complexity index is 659. The standard InChI is InChI=1S/C19H27N3OS.HI/c1-14-7-8-17(23-4)16(12-14)9-10-21-19(20-3)22-13-15(2)18-6-5-11-24-18;/h5-8,11-12,15H,9-10,13H2,1-4H3,(H2,20,21,22);1H. The van der Waals surface area contributed by atoms with Crippen molar-refractivity contribution in [2.75, 3.05) is 27.2 Å². The first-order chi connectivity index (χ1) is 11.6. The minimum absolute atomic E-state index is 0. The largest absolute Gasteiger partial charge is 0.496 e. The third-order valence-corrected chi connectivity index (χ3v) is 5.05. The summed E-state index contributed by atoms with van der Waals surface area (Å²) in [7, 11) is 3.52. The lowest BCUT2D eigenvalue weighted by Crippen LogP contribution is -2.39. The van der Waals surface area contributed by atoms with Crippen LogP contribution in [0.25, 0.3) is 0 Å². The van der Waals surface area contributed by atoms with E-state index in [1.54, 1.807) is 25.5 Å². The summed E-state index contributed by atoms with van der Waals surface area (Å²) in [6.07, 6.45) is 0.895. The molecule has 0 aliphatic rings. The summed E-state index contributed by atoms with van der Waals surface area (Å²) in [6, 6.07) is 10.5. The molecule has 1 unspecified atom stereocenters. The highest BCUT2D eigenvalue weighted by molar-refractivity contribution is 14.0. The van der Waals surface area contributed by atoms with Crippen molar-refractivity contribution in [3.05, 3.63) is 51.7 Å². The third-order valence-electron chi connectivity index (χ3n) is 3.95. The summed E-state index contributed by atoms with van der Waals surface area (Å²) in [6.45, 7) is 6.01. The molecule has 4 nitrogen and oxygen atoms in total. The Hall–Kier alpha value is -1.28. The molecule has 2 N–H and O–H groups in total. The molecule has 0 fully saturated rings. The summed E-state index contributed by atoms with van der Waals surface area (Å²) in [5.74, 6) is 2.25. The first kappa shape index (κ1) is 21.8. The van der Waals surface area contributed by atoms with Crippen molar-refractivity contribution in [3.8, 4) is 5.75 Å². The topological polar surface area (TPSA) is 45.7 Å². The third kappa shape index (κ3) is 6.86. The van der Waals surface area contributed by atoms with Gasteiger partial charge in [0.2, 0.25) is 0 Å². The normalized spacial score (nSPS) is 12.2. The molecule has 25 heavy (non-hydrogen) atoms. The number of methoxy groups -OCH3 is 1. The second-order valence-electron chi connectivity index (χ2n) is 5.86. The van der Waals surface area contributed by atoms with Gasteiger partial charge in [0.15, 0.2) is 5.96 Å². The lowest BCUT2D eigenvalue weighted by molar-refractivity contribution is 0.409. The molecule has 0 spiro atoms. The van der Waals surface area contributed by atoms with E-state index in [9.17, 15) is 0 Å². The van der Waals surface area contributed by atoms with Crippen LogP contribution in [0.3, 0.4) is 0 Å². The quantitative estimate of drug-likeness (QED) is 0.360. The molecule has 2 aromatic rings. The molecule has 0 saturated heterocycles. The van der Waals surface area contributed by atoms with Crippen LogP contribution in [0.5, 0.6) is 5.75 Å². The van der Waals surface area contributed by atoms with E-state index in [-0.39, 0.29) is 24.0 Å². The lowest BCUT2D eigenvalue weighted by Gasteiger charge is -2.16. The second-order valence-corrected chi connectivity index (χ2v) is 6.84. The molecule has 1 atom stereocenters. The highest BCUT2D eigenvalue weighted by atomic mass is 127. The Labute approximate surface area is 172 Å². The molecule has 1 aromatic heterocycles. The van der Waals surface area contributed by atoms with E-state index in [4.69, 9.17) is 4.74 Å². The number of hydrogen-bond donors (Lipinski definition) is 2. The van der Waals surface area contributed by atoms with Crippen LogP contribution < -0.4 is 15.4 Å². The van der Waals surface area contributed by atoms with Gasteiger partial charge in [-0.2, -0.15) is 0 Å². The average molecular weight is 473 g/mol. The van der Waals surface area contributed by atoms with Crippen LogP contribution in [0.4, 0.5) is 0 Å². The zero-order chi connectivity index (χ0) is 17.4. The maximum atomic E-state index is 5.43. The lowest BCUT2D eigenvalue weighted by atomic mass is 10.1. The SMILES string of the molecule is CN=C(NCCc1cc(C)ccc1OC)NCC(C)c1cccs1.I. The molecule has 2 rings (SSSR count). The van der Waals surface area contributed by atoms with Gasteiger partial charge in [-0.1, -0.05) is 30.7 Å². The number of nitrogens with zero attached hydrogens (tertiary/aromatic N) is 1. The second kappa shape index (κ2) is 11.4. The number of guanidine groups is 1. The van der Waals surface area contributed by atoms with Crippen LogP contribution in [0.1, 0.15) is 28.8 Å². The van der Waals surface area contributed by atoms with E-state index in [1.807, 2.05) is 6.07 Å². The molecule has 1 aromatic carbocycles. The summed E-state index contributed by atoms with van der Waals surface area (Å²) in [4.78, 5) is 5.69. The summed E-state index contributed by atoms with van der Waals surface area (Å²) in [5, 5.41) is 8.89. The van der Waals surface area contributed by atoms with Crippen LogP contribution in [-0.4, -0.2) is 33.2 Å². The number of rotatable bonds is 7. The monoisotopic (exact) mass is 473 g/mol. The number of aliphatic imine (C=N–C) groups is 1. The van der Waals surface area contributed by atoms with Gasteiger partial charge in [-0.15, -0.1) is 35.3 Å². The summed E-state index contributed by atoms with van der Waals surface area (Å²) >= 11 is 1.80. The summed E-state index contributed by atoms with van der Waals surface area (Å²) in [5.41, 5.74) is 2.46. The molecular formula is C19H28IN3OS. The highest BCUT2D eigenvalue weighted by Gasteiger charge is 2.08. The average Bonchev–Trinajstić information content (AvgIpc) is 3.12. The predicted molar refractivity (Wildman–Crippen MR) is 119 cm³/mol. The minimum Gasteiger partial charge on any atom is -0.496 e. The smallest absolute Gasteiger partial charge is 0.191 e. The van der Waals surface area contributed by atoms with Gasteiger partial charge < -0.3 is 15.4 Å². The highest BCUT2D eigenvalue weighted by Crippen LogP contribution is 2.20. The van der Waals surface area contributed by atoms with Gasteiger partial charge in [0.25, 0.3) is 0 Å². The van der Waals surface area contributed by atoms with Gasteiger partial charge in [0.1, 0.15) is 5.75 Å². The number of nitrogens with one attached hydrogen (secondary N) is 2. The van der Waals surface area contributed by atoms with E-state index in [0.29, 0.717) is 5.92 Å². The van der Waals surface area contributed by atoms with Crippen molar-refractivity contribution in [2.45, 2.75) is 26.2 Å². The van der Waals surface area contributed by atoms with Crippen molar-refractivity contribution < 1.29 is 4.74 Å². The number of aryl methyl sites for hydroxylation is 1. The van der Waals surface area contributed by atoms with Gasteiger partial charge in [0, 0.05) is 30.9 Å². The van der Waals surface area contributed by atoms with E-state index in [0.717, 1.165) is 31.2 Å². The Morgan fingerprint density at radius 1 is 1.28 bits per heavy atom. The molecule has 0 aliphatic carbocycles. The molecule has 0 amide bonds. The van der Waals surface area contributed by atoms with Crippen molar-refractivity contribution in [1.29, 1.82) is 0 Å². The number of ether oxygens (including phenoxy) is 1. The molecule has 0 bridgehead atoms. The molecule has 6 heteroatoms. The number of thiophene rings is 1. The van der Waals surface area contributed by atoms with E-state index in [1.165, 1.54) is 16.0 Å². The molecule has 0 aliphatic heterocycles. The van der Waals surface area contributed by atoms with Crippen LogP contribution in [0.2, 0.25) is 0 Å². The predicted octanol–water partition coefficient (Wildman–Crippen LogP) is 4.19. The van der Waals surface area contributed by atoms with Crippen LogP contribution in [-0.2, 0) is 6.42 Å². The summed E-state index contributed by atoms with van der Waals surface area (Å²) < 4.78 is 5.43. The number of benzene rings is 1. The van der Waals surface area contributed by atoms with Crippen molar-refractivity contribution in [2.24, 2.45) is 4.99 Å². The first-order valence-corrected chi connectivity index (χ1v) is 9.13.